The van der Waals surface area contributed by atoms with Crippen molar-refractivity contribution in [2.45, 2.75) is 33.6 Å². The molecule has 0 aromatic rings. The lowest BCUT2D eigenvalue weighted by atomic mass is 10.0. The molecular formula is C12H18. The van der Waals surface area contributed by atoms with Gasteiger partial charge in [-0.2, -0.15) is 0 Å². The van der Waals surface area contributed by atoms with E-state index in [9.17, 15) is 0 Å². The van der Waals surface area contributed by atoms with Gasteiger partial charge in [-0.15, -0.1) is 0 Å². The average Bonchev–Trinajstić information content (AvgIpc) is 2.34. The monoisotopic (exact) mass is 162 g/mol. The highest BCUT2D eigenvalue weighted by Crippen LogP contribution is 2.32. The van der Waals surface area contributed by atoms with Gasteiger partial charge in [0.25, 0.3) is 0 Å². The van der Waals surface area contributed by atoms with Crippen LogP contribution in [-0.4, -0.2) is 0 Å². The molecule has 0 aliphatic heterocycles. The van der Waals surface area contributed by atoms with Crippen LogP contribution in [0.25, 0.3) is 0 Å². The third kappa shape index (κ3) is 1.88. The van der Waals surface area contributed by atoms with Crippen LogP contribution in [-0.2, 0) is 0 Å². The van der Waals surface area contributed by atoms with Crippen LogP contribution in [0.5, 0.6) is 0 Å². The molecule has 12 heavy (non-hydrogen) atoms. The fraction of sp³-hybridized carbons (Fsp3) is 0.500. The summed E-state index contributed by atoms with van der Waals surface area (Å²) in [5.74, 6) is 0.705. The molecule has 0 saturated heterocycles. The largest absolute Gasteiger partial charge is 0.0958 e. The van der Waals surface area contributed by atoms with Crippen LogP contribution in [0.3, 0.4) is 0 Å². The third-order valence-corrected chi connectivity index (χ3v) is 2.42. The molecule has 0 saturated carbocycles. The summed E-state index contributed by atoms with van der Waals surface area (Å²) in [5, 5.41) is 0. The van der Waals surface area contributed by atoms with Gasteiger partial charge in [0.05, 0.1) is 0 Å². The summed E-state index contributed by atoms with van der Waals surface area (Å²) < 4.78 is 0. The first kappa shape index (κ1) is 9.31. The summed E-state index contributed by atoms with van der Waals surface area (Å²) in [6.45, 7) is 10.5. The highest BCUT2D eigenvalue weighted by atomic mass is 14.2. The molecule has 1 atom stereocenters. The van der Waals surface area contributed by atoms with Crippen LogP contribution in [0, 0.1) is 5.92 Å². The number of allylic oxidation sites excluding steroid dienone is 5. The van der Waals surface area contributed by atoms with Crippen LogP contribution in [0.2, 0.25) is 0 Å². The minimum atomic E-state index is 0.705. The Morgan fingerprint density at radius 1 is 1.75 bits per heavy atom. The van der Waals surface area contributed by atoms with Crippen LogP contribution in [0.15, 0.2) is 35.5 Å². The minimum absolute atomic E-state index is 0.705. The number of hydrogen-bond donors (Lipinski definition) is 0. The summed E-state index contributed by atoms with van der Waals surface area (Å²) in [4.78, 5) is 0. The van der Waals surface area contributed by atoms with E-state index in [2.05, 4.69) is 39.5 Å². The Balaban J connectivity index is 2.80. The lowest BCUT2D eigenvalue weighted by molar-refractivity contribution is 0.723. The summed E-state index contributed by atoms with van der Waals surface area (Å²) in [5.41, 5.74) is 4.15. The minimum Gasteiger partial charge on any atom is -0.0958 e. The van der Waals surface area contributed by atoms with E-state index >= 15 is 0 Å². The van der Waals surface area contributed by atoms with Gasteiger partial charge in [-0.3, -0.25) is 0 Å². The maximum Gasteiger partial charge on any atom is -0.0153 e. The molecule has 0 N–H and O–H groups in total. The van der Waals surface area contributed by atoms with Crippen molar-refractivity contribution in [3.05, 3.63) is 35.5 Å². The molecule has 0 heterocycles. The molecule has 1 unspecified atom stereocenters. The van der Waals surface area contributed by atoms with Gasteiger partial charge in [0, 0.05) is 0 Å². The van der Waals surface area contributed by atoms with Gasteiger partial charge in [-0.05, 0) is 36.8 Å². The first-order chi connectivity index (χ1) is 5.65. The van der Waals surface area contributed by atoms with Crippen molar-refractivity contribution in [1.82, 2.24) is 0 Å². The Hall–Kier alpha value is -0.780. The van der Waals surface area contributed by atoms with Gasteiger partial charge in [0.15, 0.2) is 0 Å². The average molecular weight is 162 g/mol. The lowest BCUT2D eigenvalue weighted by Gasteiger charge is -2.03. The molecule has 0 radical (unpaired) electrons. The lowest BCUT2D eigenvalue weighted by Crippen LogP contribution is -1.90. The van der Waals surface area contributed by atoms with E-state index < -0.39 is 0 Å². The van der Waals surface area contributed by atoms with Crippen molar-refractivity contribution >= 4 is 0 Å². The van der Waals surface area contributed by atoms with Gasteiger partial charge in [-0.25, -0.2) is 0 Å². The normalized spacial score (nSPS) is 26.1. The van der Waals surface area contributed by atoms with E-state index in [-0.39, 0.29) is 0 Å². The predicted molar refractivity (Wildman–Crippen MR) is 55.1 cm³/mol. The van der Waals surface area contributed by atoms with Crippen LogP contribution >= 0.6 is 0 Å². The van der Waals surface area contributed by atoms with Crippen molar-refractivity contribution in [3.8, 4) is 0 Å². The first-order valence-electron chi connectivity index (χ1n) is 4.71. The first-order valence-corrected chi connectivity index (χ1v) is 4.71. The zero-order valence-corrected chi connectivity index (χ0v) is 8.35. The SMILES string of the molecule is C=C(C)C1=CC(=CCC)C(C)C1. The van der Waals surface area contributed by atoms with Crippen LogP contribution in [0.1, 0.15) is 33.6 Å². The summed E-state index contributed by atoms with van der Waals surface area (Å²) in [7, 11) is 0. The second kappa shape index (κ2) is 3.75. The van der Waals surface area contributed by atoms with Crippen LogP contribution in [0.4, 0.5) is 0 Å². The molecule has 0 fully saturated rings. The molecular weight excluding hydrogens is 144 g/mol. The fourth-order valence-electron chi connectivity index (χ4n) is 1.64. The van der Waals surface area contributed by atoms with Crippen molar-refractivity contribution in [2.75, 3.05) is 0 Å². The Bertz CT molecular complexity index is 241. The van der Waals surface area contributed by atoms with Gasteiger partial charge in [-0.1, -0.05) is 38.2 Å². The second-order valence-corrected chi connectivity index (χ2v) is 3.67. The van der Waals surface area contributed by atoms with E-state index in [4.69, 9.17) is 0 Å². The predicted octanol–water partition coefficient (Wildman–Crippen LogP) is 3.87. The Kier molecular flexibility index (Phi) is 2.91. The topological polar surface area (TPSA) is 0 Å². The zero-order chi connectivity index (χ0) is 9.14. The Morgan fingerprint density at radius 2 is 2.42 bits per heavy atom. The molecule has 0 spiro atoms. The molecule has 66 valence electrons. The smallest absolute Gasteiger partial charge is 0.0153 e. The molecule has 0 aromatic carbocycles. The molecule has 1 rings (SSSR count). The van der Waals surface area contributed by atoms with Gasteiger partial charge < -0.3 is 0 Å². The molecule has 0 aromatic heterocycles. The van der Waals surface area contributed by atoms with E-state index in [0.29, 0.717) is 5.92 Å². The van der Waals surface area contributed by atoms with Crippen molar-refractivity contribution < 1.29 is 0 Å². The second-order valence-electron chi connectivity index (χ2n) is 3.67. The molecule has 0 nitrogen and oxygen atoms in total. The summed E-state index contributed by atoms with van der Waals surface area (Å²) in [6.07, 6.45) is 6.94. The number of rotatable bonds is 2. The van der Waals surface area contributed by atoms with Crippen LogP contribution < -0.4 is 0 Å². The molecule has 0 bridgehead atoms. The molecule has 0 amide bonds. The van der Waals surface area contributed by atoms with Gasteiger partial charge >= 0.3 is 0 Å². The highest BCUT2D eigenvalue weighted by molar-refractivity contribution is 5.41. The van der Waals surface area contributed by atoms with E-state index in [0.717, 1.165) is 6.42 Å². The maximum absolute atomic E-state index is 3.97. The van der Waals surface area contributed by atoms with Crippen molar-refractivity contribution in [2.24, 2.45) is 5.92 Å². The summed E-state index contributed by atoms with van der Waals surface area (Å²) >= 11 is 0. The van der Waals surface area contributed by atoms with Crippen molar-refractivity contribution in [3.63, 3.8) is 0 Å². The Labute approximate surface area is 75.7 Å². The van der Waals surface area contributed by atoms with Crippen molar-refractivity contribution in [1.29, 1.82) is 0 Å². The quantitative estimate of drug-likeness (QED) is 0.578. The third-order valence-electron chi connectivity index (χ3n) is 2.42. The fourth-order valence-corrected chi connectivity index (χ4v) is 1.64. The molecule has 1 aliphatic rings. The van der Waals surface area contributed by atoms with Gasteiger partial charge in [0.1, 0.15) is 0 Å². The molecule has 0 heteroatoms. The van der Waals surface area contributed by atoms with E-state index in [1.165, 1.54) is 23.1 Å². The summed E-state index contributed by atoms with van der Waals surface area (Å²) in [6, 6.07) is 0. The Morgan fingerprint density at radius 3 is 2.83 bits per heavy atom. The maximum atomic E-state index is 3.97. The number of hydrogen-bond acceptors (Lipinski definition) is 0. The molecule has 1 aliphatic carbocycles. The van der Waals surface area contributed by atoms with E-state index in [1.807, 2.05) is 0 Å². The zero-order valence-electron chi connectivity index (χ0n) is 8.35. The van der Waals surface area contributed by atoms with Gasteiger partial charge in [0.2, 0.25) is 0 Å². The van der Waals surface area contributed by atoms with E-state index in [1.54, 1.807) is 0 Å². The highest BCUT2D eigenvalue weighted by Gasteiger charge is 2.16. The standard InChI is InChI=1S/C12H18/c1-5-6-11-8-12(9(2)3)7-10(11)4/h6,8,10H,2,5,7H2,1,3-4H3.